The predicted octanol–water partition coefficient (Wildman–Crippen LogP) is 4.05. The highest BCUT2D eigenvalue weighted by Crippen LogP contribution is 2.16. The summed E-state index contributed by atoms with van der Waals surface area (Å²) in [5.41, 5.74) is 1.48. The SMILES string of the molecule is CCOc1ccc(NC(=S)N(C)Cc2ccccc2F)cc1. The lowest BCUT2D eigenvalue weighted by Gasteiger charge is -2.21. The Hall–Kier alpha value is -2.14. The first-order valence-electron chi connectivity index (χ1n) is 7.08. The van der Waals surface area contributed by atoms with Crippen LogP contribution in [-0.4, -0.2) is 23.7 Å². The van der Waals surface area contributed by atoms with Crippen LogP contribution in [0.2, 0.25) is 0 Å². The molecule has 0 aliphatic rings. The molecule has 0 aliphatic carbocycles. The highest BCUT2D eigenvalue weighted by molar-refractivity contribution is 7.80. The van der Waals surface area contributed by atoms with Gasteiger partial charge in [0.05, 0.1) is 6.61 Å². The Kier molecular flexibility index (Phi) is 5.72. The summed E-state index contributed by atoms with van der Waals surface area (Å²) in [6.07, 6.45) is 0. The van der Waals surface area contributed by atoms with Gasteiger partial charge in [-0.1, -0.05) is 18.2 Å². The summed E-state index contributed by atoms with van der Waals surface area (Å²) in [6.45, 7) is 2.99. The van der Waals surface area contributed by atoms with Crippen LogP contribution in [0.5, 0.6) is 5.75 Å². The Balaban J connectivity index is 1.95. The van der Waals surface area contributed by atoms with Gasteiger partial charge in [-0.25, -0.2) is 4.39 Å². The van der Waals surface area contributed by atoms with Crippen LogP contribution in [0.3, 0.4) is 0 Å². The van der Waals surface area contributed by atoms with Crippen molar-refractivity contribution in [1.82, 2.24) is 4.90 Å². The molecule has 116 valence electrons. The molecule has 0 fully saturated rings. The molecule has 3 nitrogen and oxygen atoms in total. The molecular weight excluding hydrogens is 299 g/mol. The second-order valence-electron chi connectivity index (χ2n) is 4.84. The lowest BCUT2D eigenvalue weighted by molar-refractivity contribution is 0.340. The van der Waals surface area contributed by atoms with E-state index in [9.17, 15) is 4.39 Å². The van der Waals surface area contributed by atoms with Gasteiger partial charge >= 0.3 is 0 Å². The monoisotopic (exact) mass is 318 g/mol. The highest BCUT2D eigenvalue weighted by atomic mass is 32.1. The fraction of sp³-hybridized carbons (Fsp3) is 0.235. The van der Waals surface area contributed by atoms with Crippen molar-refractivity contribution >= 4 is 23.0 Å². The fourth-order valence-corrected chi connectivity index (χ4v) is 2.16. The smallest absolute Gasteiger partial charge is 0.173 e. The van der Waals surface area contributed by atoms with Gasteiger partial charge in [0, 0.05) is 24.8 Å². The zero-order chi connectivity index (χ0) is 15.9. The number of rotatable bonds is 5. The summed E-state index contributed by atoms with van der Waals surface area (Å²) in [7, 11) is 1.83. The molecule has 5 heteroatoms. The standard InChI is InChI=1S/C17H19FN2OS/c1-3-21-15-10-8-14(9-11-15)19-17(22)20(2)12-13-6-4-5-7-16(13)18/h4-11H,3,12H2,1-2H3,(H,19,22). The number of ether oxygens (including phenoxy) is 1. The van der Waals surface area contributed by atoms with Crippen molar-refractivity contribution in [2.24, 2.45) is 0 Å². The quantitative estimate of drug-likeness (QED) is 0.841. The molecule has 0 saturated carbocycles. The normalized spacial score (nSPS) is 10.1. The Morgan fingerprint density at radius 2 is 1.86 bits per heavy atom. The van der Waals surface area contributed by atoms with Crippen molar-refractivity contribution in [3.05, 3.63) is 59.9 Å². The molecule has 0 bridgehead atoms. The van der Waals surface area contributed by atoms with Crippen LogP contribution in [0.1, 0.15) is 12.5 Å². The fourth-order valence-electron chi connectivity index (χ4n) is 1.97. The highest BCUT2D eigenvalue weighted by Gasteiger charge is 2.08. The number of thiocarbonyl (C=S) groups is 1. The van der Waals surface area contributed by atoms with Crippen molar-refractivity contribution in [3.8, 4) is 5.75 Å². The van der Waals surface area contributed by atoms with Crippen molar-refractivity contribution in [1.29, 1.82) is 0 Å². The molecule has 1 N–H and O–H groups in total. The first kappa shape index (κ1) is 16.2. The molecule has 0 aliphatic heterocycles. The van der Waals surface area contributed by atoms with Gasteiger partial charge in [0.25, 0.3) is 0 Å². The minimum atomic E-state index is -0.224. The third-order valence-electron chi connectivity index (χ3n) is 3.13. The number of anilines is 1. The van der Waals surface area contributed by atoms with E-state index in [1.807, 2.05) is 44.3 Å². The van der Waals surface area contributed by atoms with E-state index in [0.29, 0.717) is 23.8 Å². The van der Waals surface area contributed by atoms with E-state index in [1.54, 1.807) is 17.0 Å². The molecule has 0 spiro atoms. The van der Waals surface area contributed by atoms with E-state index in [0.717, 1.165) is 11.4 Å². The second kappa shape index (κ2) is 7.75. The van der Waals surface area contributed by atoms with Crippen LogP contribution in [0.4, 0.5) is 10.1 Å². The Bertz CT molecular complexity index is 631. The molecule has 0 amide bonds. The zero-order valence-corrected chi connectivity index (χ0v) is 13.5. The number of nitrogens with one attached hydrogen (secondary N) is 1. The van der Waals surface area contributed by atoms with Crippen molar-refractivity contribution in [2.45, 2.75) is 13.5 Å². The topological polar surface area (TPSA) is 24.5 Å². The van der Waals surface area contributed by atoms with Crippen LogP contribution in [0.15, 0.2) is 48.5 Å². The maximum atomic E-state index is 13.7. The summed E-state index contributed by atoms with van der Waals surface area (Å²) in [6, 6.07) is 14.3. The minimum absolute atomic E-state index is 0.224. The first-order chi connectivity index (χ1) is 10.6. The third-order valence-corrected chi connectivity index (χ3v) is 3.54. The molecule has 0 aromatic heterocycles. The maximum absolute atomic E-state index is 13.7. The Morgan fingerprint density at radius 3 is 2.50 bits per heavy atom. The molecule has 2 aromatic carbocycles. The van der Waals surface area contributed by atoms with Crippen LogP contribution < -0.4 is 10.1 Å². The van der Waals surface area contributed by atoms with E-state index in [2.05, 4.69) is 5.32 Å². The molecule has 2 rings (SSSR count). The van der Waals surface area contributed by atoms with Gasteiger partial charge in [0.15, 0.2) is 5.11 Å². The number of halogens is 1. The van der Waals surface area contributed by atoms with Crippen LogP contribution >= 0.6 is 12.2 Å². The molecule has 0 saturated heterocycles. The Morgan fingerprint density at radius 1 is 1.18 bits per heavy atom. The Labute approximate surface area is 135 Å². The average molecular weight is 318 g/mol. The van der Waals surface area contributed by atoms with Crippen LogP contribution in [-0.2, 0) is 6.54 Å². The zero-order valence-electron chi connectivity index (χ0n) is 12.7. The number of nitrogens with zero attached hydrogens (tertiary/aromatic N) is 1. The number of hydrogen-bond acceptors (Lipinski definition) is 2. The maximum Gasteiger partial charge on any atom is 0.173 e. The minimum Gasteiger partial charge on any atom is -0.494 e. The summed E-state index contributed by atoms with van der Waals surface area (Å²) < 4.78 is 19.0. The van der Waals surface area contributed by atoms with Gasteiger partial charge in [0.1, 0.15) is 11.6 Å². The number of benzene rings is 2. The van der Waals surface area contributed by atoms with E-state index < -0.39 is 0 Å². The van der Waals surface area contributed by atoms with E-state index in [-0.39, 0.29) is 5.82 Å². The summed E-state index contributed by atoms with van der Waals surface area (Å²) >= 11 is 5.35. The average Bonchev–Trinajstić information content (AvgIpc) is 2.51. The molecular formula is C17H19FN2OS. The summed E-state index contributed by atoms with van der Waals surface area (Å²) in [5.74, 6) is 0.594. The first-order valence-corrected chi connectivity index (χ1v) is 7.49. The van der Waals surface area contributed by atoms with Crippen LogP contribution in [0.25, 0.3) is 0 Å². The van der Waals surface area contributed by atoms with Gasteiger partial charge in [-0.15, -0.1) is 0 Å². The lowest BCUT2D eigenvalue weighted by Crippen LogP contribution is -2.30. The predicted molar refractivity (Wildman–Crippen MR) is 91.7 cm³/mol. The molecule has 0 unspecified atom stereocenters. The van der Waals surface area contributed by atoms with E-state index in [1.165, 1.54) is 6.07 Å². The molecule has 0 heterocycles. The molecule has 0 radical (unpaired) electrons. The van der Waals surface area contributed by atoms with Gasteiger partial charge in [0.2, 0.25) is 0 Å². The van der Waals surface area contributed by atoms with Gasteiger partial charge < -0.3 is 15.0 Å². The second-order valence-corrected chi connectivity index (χ2v) is 5.22. The van der Waals surface area contributed by atoms with E-state index >= 15 is 0 Å². The lowest BCUT2D eigenvalue weighted by atomic mass is 10.2. The molecule has 0 atom stereocenters. The summed E-state index contributed by atoms with van der Waals surface area (Å²) in [4.78, 5) is 1.80. The van der Waals surface area contributed by atoms with Gasteiger partial charge in [-0.3, -0.25) is 0 Å². The summed E-state index contributed by atoms with van der Waals surface area (Å²) in [5, 5.41) is 3.66. The van der Waals surface area contributed by atoms with Gasteiger partial charge in [-0.2, -0.15) is 0 Å². The van der Waals surface area contributed by atoms with Crippen molar-refractivity contribution in [2.75, 3.05) is 19.0 Å². The van der Waals surface area contributed by atoms with E-state index in [4.69, 9.17) is 17.0 Å². The largest absolute Gasteiger partial charge is 0.494 e. The van der Waals surface area contributed by atoms with Crippen molar-refractivity contribution < 1.29 is 9.13 Å². The third kappa shape index (κ3) is 4.43. The van der Waals surface area contributed by atoms with Crippen molar-refractivity contribution in [3.63, 3.8) is 0 Å². The van der Waals surface area contributed by atoms with Gasteiger partial charge in [-0.05, 0) is 49.5 Å². The molecule has 2 aromatic rings. The van der Waals surface area contributed by atoms with Crippen LogP contribution in [0, 0.1) is 5.82 Å². The number of hydrogen-bond donors (Lipinski definition) is 1. The molecule has 22 heavy (non-hydrogen) atoms.